The van der Waals surface area contributed by atoms with Crippen molar-refractivity contribution in [3.8, 4) is 0 Å². The van der Waals surface area contributed by atoms with E-state index in [0.29, 0.717) is 30.6 Å². The molecule has 1 aromatic rings. The SMILES string of the molecule is NC(=O)CC12CC3CC(C1)C(NC(=O)CN1CCCN(c4c(Cl)cccc4Cl)S1(=O)=O)C(C3)C2. The number of halogens is 2. The van der Waals surface area contributed by atoms with Gasteiger partial charge >= 0.3 is 10.2 Å². The van der Waals surface area contributed by atoms with Crippen LogP contribution in [0.5, 0.6) is 0 Å². The standard InChI is InChI=1S/C23H30Cl2N4O4S/c24-17-3-1-4-18(25)22(17)29-6-2-5-28(34(29,32)33)13-20(31)27-21-15-7-14-8-16(21)11-23(9-14,10-15)12-19(26)30/h1,3-4,14-16,21H,2,5-13H2,(H2,26,30)(H,27,31). The maximum absolute atomic E-state index is 13.3. The molecule has 2 amide bonds. The first-order valence-electron chi connectivity index (χ1n) is 11.9. The topological polar surface area (TPSA) is 113 Å². The molecule has 1 saturated heterocycles. The van der Waals surface area contributed by atoms with Crippen molar-refractivity contribution in [1.82, 2.24) is 9.62 Å². The van der Waals surface area contributed by atoms with E-state index in [0.717, 1.165) is 32.1 Å². The summed E-state index contributed by atoms with van der Waals surface area (Å²) in [7, 11) is -3.96. The minimum atomic E-state index is -3.96. The van der Waals surface area contributed by atoms with E-state index in [1.54, 1.807) is 18.2 Å². The second kappa shape index (κ2) is 8.84. The minimum Gasteiger partial charge on any atom is -0.370 e. The third kappa shape index (κ3) is 4.29. The molecule has 3 N–H and O–H groups in total. The van der Waals surface area contributed by atoms with Gasteiger partial charge in [-0.05, 0) is 73.8 Å². The second-order valence-electron chi connectivity index (χ2n) is 10.5. The first kappa shape index (κ1) is 24.2. The molecule has 0 spiro atoms. The van der Waals surface area contributed by atoms with E-state index < -0.39 is 10.2 Å². The number of nitrogens with two attached hydrogens (primary N) is 1. The lowest BCUT2D eigenvalue weighted by atomic mass is 9.47. The number of hydrogen-bond acceptors (Lipinski definition) is 4. The summed E-state index contributed by atoms with van der Waals surface area (Å²) in [5.41, 5.74) is 5.77. The molecule has 2 unspecified atom stereocenters. The molecular formula is C23H30Cl2N4O4S. The van der Waals surface area contributed by atoms with Crippen LogP contribution in [0.25, 0.3) is 0 Å². The minimum absolute atomic E-state index is 0.0194. The number of hydrogen-bond donors (Lipinski definition) is 2. The largest absolute Gasteiger partial charge is 0.370 e. The number of carbonyl (C=O) groups is 2. The molecule has 5 aliphatic rings. The van der Waals surface area contributed by atoms with Gasteiger partial charge in [-0.1, -0.05) is 29.3 Å². The zero-order chi connectivity index (χ0) is 24.3. The Kier molecular flexibility index (Phi) is 6.28. The van der Waals surface area contributed by atoms with Gasteiger partial charge in [0.05, 0.1) is 22.3 Å². The molecule has 186 valence electrons. The summed E-state index contributed by atoms with van der Waals surface area (Å²) in [5.74, 6) is 0.663. The van der Waals surface area contributed by atoms with Crippen LogP contribution in [0.2, 0.25) is 10.0 Å². The van der Waals surface area contributed by atoms with Gasteiger partial charge in [-0.25, -0.2) is 0 Å². The third-order valence-electron chi connectivity index (χ3n) is 8.16. The van der Waals surface area contributed by atoms with Crippen molar-refractivity contribution in [2.75, 3.05) is 23.9 Å². The molecule has 6 rings (SSSR count). The highest BCUT2D eigenvalue weighted by Crippen LogP contribution is 2.61. The molecule has 11 heteroatoms. The van der Waals surface area contributed by atoms with E-state index in [1.165, 1.54) is 8.61 Å². The van der Waals surface area contributed by atoms with E-state index in [2.05, 4.69) is 5.32 Å². The summed E-state index contributed by atoms with van der Waals surface area (Å²) in [6.45, 7) is 0.266. The smallest absolute Gasteiger partial charge is 0.304 e. The molecule has 1 aliphatic heterocycles. The Morgan fingerprint density at radius 2 is 1.74 bits per heavy atom. The summed E-state index contributed by atoms with van der Waals surface area (Å²) in [6, 6.07) is 4.88. The highest BCUT2D eigenvalue weighted by Gasteiger charge is 2.56. The Balaban J connectivity index is 1.28. The van der Waals surface area contributed by atoms with E-state index in [4.69, 9.17) is 28.9 Å². The highest BCUT2D eigenvalue weighted by molar-refractivity contribution is 7.90. The molecule has 1 aromatic carbocycles. The van der Waals surface area contributed by atoms with Gasteiger partial charge in [-0.2, -0.15) is 12.7 Å². The van der Waals surface area contributed by atoms with Crippen molar-refractivity contribution in [1.29, 1.82) is 0 Å². The molecule has 8 nitrogen and oxygen atoms in total. The summed E-state index contributed by atoms with van der Waals surface area (Å²) in [4.78, 5) is 24.7. The Morgan fingerprint density at radius 3 is 2.35 bits per heavy atom. The van der Waals surface area contributed by atoms with Gasteiger partial charge in [-0.3, -0.25) is 13.9 Å². The van der Waals surface area contributed by atoms with Crippen LogP contribution in [-0.2, 0) is 19.8 Å². The zero-order valence-corrected chi connectivity index (χ0v) is 21.2. The van der Waals surface area contributed by atoms with Crippen LogP contribution in [0.4, 0.5) is 5.69 Å². The molecule has 4 saturated carbocycles. The maximum Gasteiger partial charge on any atom is 0.304 e. The van der Waals surface area contributed by atoms with Gasteiger partial charge in [0.1, 0.15) is 0 Å². The molecule has 0 radical (unpaired) electrons. The van der Waals surface area contributed by atoms with Gasteiger partial charge in [0.25, 0.3) is 0 Å². The molecule has 5 fully saturated rings. The molecule has 4 bridgehead atoms. The zero-order valence-electron chi connectivity index (χ0n) is 18.9. The van der Waals surface area contributed by atoms with Gasteiger partial charge < -0.3 is 11.1 Å². The Bertz CT molecular complexity index is 1080. The number of anilines is 1. The molecular weight excluding hydrogens is 499 g/mol. The summed E-state index contributed by atoms with van der Waals surface area (Å²) in [5, 5.41) is 3.66. The molecule has 1 heterocycles. The van der Waals surface area contributed by atoms with E-state index >= 15 is 0 Å². The van der Waals surface area contributed by atoms with Crippen molar-refractivity contribution in [2.24, 2.45) is 28.9 Å². The second-order valence-corrected chi connectivity index (χ2v) is 13.2. The number of primary amides is 1. The monoisotopic (exact) mass is 528 g/mol. The summed E-state index contributed by atoms with van der Waals surface area (Å²) >= 11 is 12.5. The van der Waals surface area contributed by atoms with Crippen LogP contribution < -0.4 is 15.4 Å². The van der Waals surface area contributed by atoms with Crippen molar-refractivity contribution in [3.63, 3.8) is 0 Å². The van der Waals surface area contributed by atoms with Crippen molar-refractivity contribution in [2.45, 2.75) is 51.0 Å². The van der Waals surface area contributed by atoms with Gasteiger partial charge in [0.2, 0.25) is 11.8 Å². The predicted octanol–water partition coefficient (Wildman–Crippen LogP) is 2.94. The average Bonchev–Trinajstić information content (AvgIpc) is 2.72. The lowest BCUT2D eigenvalue weighted by molar-refractivity contribution is -0.134. The van der Waals surface area contributed by atoms with Crippen LogP contribution in [0, 0.1) is 23.2 Å². The Hall–Kier alpha value is -1.55. The summed E-state index contributed by atoms with van der Waals surface area (Å²) in [6.07, 6.45) is 5.91. The van der Waals surface area contributed by atoms with Gasteiger partial charge in [0, 0.05) is 25.6 Å². The number of nitrogens with one attached hydrogen (secondary N) is 1. The van der Waals surface area contributed by atoms with Crippen molar-refractivity contribution < 1.29 is 18.0 Å². The molecule has 0 aromatic heterocycles. The van der Waals surface area contributed by atoms with Gasteiger partial charge in [-0.15, -0.1) is 0 Å². The lowest BCUT2D eigenvalue weighted by Crippen LogP contribution is -2.61. The van der Waals surface area contributed by atoms with Crippen LogP contribution in [-0.4, -0.2) is 50.2 Å². The first-order valence-corrected chi connectivity index (χ1v) is 14.0. The molecule has 4 aliphatic carbocycles. The quantitative estimate of drug-likeness (QED) is 0.590. The van der Waals surface area contributed by atoms with Gasteiger partial charge in [0.15, 0.2) is 0 Å². The van der Waals surface area contributed by atoms with E-state index in [-0.39, 0.29) is 58.6 Å². The van der Waals surface area contributed by atoms with E-state index in [9.17, 15) is 18.0 Å². The third-order valence-corrected chi connectivity index (χ3v) is 10.7. The number of benzene rings is 1. The van der Waals surface area contributed by atoms with Crippen molar-refractivity contribution >= 4 is 50.9 Å². The predicted molar refractivity (Wildman–Crippen MR) is 131 cm³/mol. The fourth-order valence-electron chi connectivity index (χ4n) is 7.28. The lowest BCUT2D eigenvalue weighted by Gasteiger charge is -2.60. The molecule has 34 heavy (non-hydrogen) atoms. The highest BCUT2D eigenvalue weighted by atomic mass is 35.5. The average molecular weight is 529 g/mol. The first-order chi connectivity index (χ1) is 16.1. The molecule has 2 atom stereocenters. The fourth-order valence-corrected chi connectivity index (χ4v) is 9.69. The Labute approximate surface area is 210 Å². The van der Waals surface area contributed by atoms with E-state index in [1.807, 2.05) is 0 Å². The van der Waals surface area contributed by atoms with Crippen LogP contribution in [0.3, 0.4) is 0 Å². The number of rotatable bonds is 6. The number of nitrogens with zero attached hydrogens (tertiary/aromatic N) is 2. The number of amides is 2. The van der Waals surface area contributed by atoms with Crippen molar-refractivity contribution in [3.05, 3.63) is 28.2 Å². The number of carbonyl (C=O) groups excluding carboxylic acids is 2. The number of para-hydroxylation sites is 1. The summed E-state index contributed by atoms with van der Waals surface area (Å²) < 4.78 is 29.1. The normalized spacial score (nSPS) is 34.2. The maximum atomic E-state index is 13.3. The fraction of sp³-hybridized carbons (Fsp3) is 0.652. The van der Waals surface area contributed by atoms with Crippen LogP contribution in [0.15, 0.2) is 18.2 Å². The van der Waals surface area contributed by atoms with Crippen LogP contribution in [0.1, 0.15) is 44.9 Å². The Morgan fingerprint density at radius 1 is 1.09 bits per heavy atom. The van der Waals surface area contributed by atoms with Crippen LogP contribution >= 0.6 is 23.2 Å².